The summed E-state index contributed by atoms with van der Waals surface area (Å²) in [5.41, 5.74) is 2.88. The first-order valence-corrected chi connectivity index (χ1v) is 9.85. The summed E-state index contributed by atoms with van der Waals surface area (Å²) in [5, 5.41) is 0. The number of hydrogen-bond donors (Lipinski definition) is 0. The van der Waals surface area contributed by atoms with E-state index in [1.54, 1.807) is 18.5 Å². The molecule has 0 aromatic heterocycles. The van der Waals surface area contributed by atoms with Crippen LogP contribution in [0.4, 0.5) is 0 Å². The molecule has 2 aromatic rings. The topological polar surface area (TPSA) is 55.8 Å². The van der Waals surface area contributed by atoms with Crippen molar-refractivity contribution in [3.63, 3.8) is 0 Å². The molecule has 1 atom stereocenters. The van der Waals surface area contributed by atoms with E-state index in [0.29, 0.717) is 24.5 Å². The number of ether oxygens (including phenoxy) is 2. The first kappa shape index (κ1) is 17.8. The number of hydrogen-bond acceptors (Lipinski definition) is 4. The summed E-state index contributed by atoms with van der Waals surface area (Å²) >= 11 is 0. The van der Waals surface area contributed by atoms with Crippen molar-refractivity contribution in [3.8, 4) is 11.5 Å². The molecule has 0 bridgehead atoms. The molecule has 0 saturated heterocycles. The van der Waals surface area contributed by atoms with E-state index in [9.17, 15) is 8.42 Å². The Labute approximate surface area is 149 Å². The monoisotopic (exact) mass is 361 g/mol. The molecule has 0 N–H and O–H groups in total. The van der Waals surface area contributed by atoms with Crippen LogP contribution in [0.2, 0.25) is 0 Å². The van der Waals surface area contributed by atoms with Crippen molar-refractivity contribution >= 4 is 10.0 Å². The molecule has 2 aromatic carbocycles. The summed E-state index contributed by atoms with van der Waals surface area (Å²) < 4.78 is 38.2. The molecule has 134 valence electrons. The first-order chi connectivity index (χ1) is 12.0. The van der Waals surface area contributed by atoms with E-state index in [1.807, 2.05) is 49.4 Å². The lowest BCUT2D eigenvalue weighted by molar-refractivity contribution is 0.318. The van der Waals surface area contributed by atoms with Gasteiger partial charge >= 0.3 is 0 Å². The van der Waals surface area contributed by atoms with Crippen LogP contribution in [0.15, 0.2) is 42.5 Å². The quantitative estimate of drug-likeness (QED) is 0.821. The molecule has 0 amide bonds. The fraction of sp³-hybridized carbons (Fsp3) is 0.368. The molecule has 1 heterocycles. The molecule has 25 heavy (non-hydrogen) atoms. The van der Waals surface area contributed by atoms with Crippen molar-refractivity contribution in [1.82, 2.24) is 4.31 Å². The molecular formula is C19H23NO4S. The van der Waals surface area contributed by atoms with Crippen LogP contribution in [-0.4, -0.2) is 33.5 Å². The zero-order chi connectivity index (χ0) is 18.0. The number of nitrogens with zero attached hydrogens (tertiary/aromatic N) is 1. The molecule has 5 nitrogen and oxygen atoms in total. The van der Waals surface area contributed by atoms with Gasteiger partial charge in [-0.05, 0) is 42.2 Å². The van der Waals surface area contributed by atoms with Crippen molar-refractivity contribution in [2.24, 2.45) is 0 Å². The van der Waals surface area contributed by atoms with Crippen LogP contribution in [0.1, 0.15) is 29.7 Å². The van der Waals surface area contributed by atoms with Crippen molar-refractivity contribution in [2.75, 3.05) is 20.8 Å². The molecule has 0 saturated carbocycles. The summed E-state index contributed by atoms with van der Waals surface area (Å²) in [6.07, 6.45) is 0.661. The largest absolute Gasteiger partial charge is 0.493 e. The Bertz CT molecular complexity index is 849. The Kier molecular flexibility index (Phi) is 5.01. The van der Waals surface area contributed by atoms with Gasteiger partial charge in [-0.25, -0.2) is 8.42 Å². The van der Waals surface area contributed by atoms with Gasteiger partial charge in [-0.3, -0.25) is 0 Å². The third kappa shape index (κ3) is 3.50. The Morgan fingerprint density at radius 1 is 1.08 bits per heavy atom. The minimum Gasteiger partial charge on any atom is -0.493 e. The van der Waals surface area contributed by atoms with Crippen LogP contribution in [-0.2, 0) is 22.2 Å². The highest BCUT2D eigenvalue weighted by atomic mass is 32.2. The van der Waals surface area contributed by atoms with Crippen molar-refractivity contribution in [2.45, 2.75) is 25.1 Å². The molecular weight excluding hydrogens is 338 g/mol. The zero-order valence-corrected chi connectivity index (χ0v) is 15.5. The molecule has 6 heteroatoms. The molecule has 3 rings (SSSR count). The SMILES string of the molecule is COc1cc2c(cc1OC)[C@@H](C)N(S(=O)(=O)Cc1ccccc1)CC2. The Balaban J connectivity index is 1.91. The third-order valence-corrected chi connectivity index (χ3v) is 6.59. The van der Waals surface area contributed by atoms with Gasteiger partial charge in [-0.1, -0.05) is 30.3 Å². The van der Waals surface area contributed by atoms with Crippen molar-refractivity contribution in [3.05, 3.63) is 59.2 Å². The first-order valence-electron chi connectivity index (χ1n) is 8.24. The van der Waals surface area contributed by atoms with Gasteiger partial charge in [0.05, 0.1) is 20.0 Å². The van der Waals surface area contributed by atoms with E-state index < -0.39 is 10.0 Å². The molecule has 0 aliphatic carbocycles. The highest BCUT2D eigenvalue weighted by Crippen LogP contribution is 2.39. The van der Waals surface area contributed by atoms with Crippen LogP contribution in [0, 0.1) is 0 Å². The maximum absolute atomic E-state index is 12.9. The normalized spacial score (nSPS) is 17.8. The number of rotatable bonds is 5. The van der Waals surface area contributed by atoms with E-state index in [0.717, 1.165) is 16.7 Å². The minimum absolute atomic E-state index is 0.0147. The lowest BCUT2D eigenvalue weighted by Gasteiger charge is -2.34. The average molecular weight is 361 g/mol. The van der Waals surface area contributed by atoms with Crippen LogP contribution >= 0.6 is 0 Å². The minimum atomic E-state index is -3.40. The van der Waals surface area contributed by atoms with Crippen molar-refractivity contribution in [1.29, 1.82) is 0 Å². The van der Waals surface area contributed by atoms with E-state index in [4.69, 9.17) is 9.47 Å². The number of methoxy groups -OCH3 is 2. The Morgan fingerprint density at radius 2 is 1.72 bits per heavy atom. The Morgan fingerprint density at radius 3 is 2.36 bits per heavy atom. The van der Waals surface area contributed by atoms with Gasteiger partial charge < -0.3 is 9.47 Å². The second kappa shape index (κ2) is 7.06. The standard InChI is InChI=1S/C19H23NO4S/c1-14-17-12-19(24-3)18(23-2)11-16(17)9-10-20(14)25(21,22)13-15-7-5-4-6-8-15/h4-8,11-12,14H,9-10,13H2,1-3H3/t14-/m1/s1. The summed E-state index contributed by atoms with van der Waals surface area (Å²) in [5.74, 6) is 1.31. The second-order valence-electron chi connectivity index (χ2n) is 6.18. The van der Waals surface area contributed by atoms with Gasteiger partial charge in [0.15, 0.2) is 11.5 Å². The van der Waals surface area contributed by atoms with Gasteiger partial charge in [0.1, 0.15) is 0 Å². The van der Waals surface area contributed by atoms with E-state index in [-0.39, 0.29) is 11.8 Å². The smallest absolute Gasteiger partial charge is 0.218 e. The molecule has 1 aliphatic heterocycles. The Hall–Kier alpha value is -2.05. The fourth-order valence-corrected chi connectivity index (χ4v) is 5.11. The molecule has 0 fully saturated rings. The predicted octanol–water partition coefficient (Wildman–Crippen LogP) is 3.15. The number of sulfonamides is 1. The van der Waals surface area contributed by atoms with Gasteiger partial charge in [0.2, 0.25) is 10.0 Å². The zero-order valence-electron chi connectivity index (χ0n) is 14.7. The van der Waals surface area contributed by atoms with Crippen LogP contribution in [0.5, 0.6) is 11.5 Å². The number of benzene rings is 2. The maximum atomic E-state index is 12.9. The van der Waals surface area contributed by atoms with E-state index >= 15 is 0 Å². The van der Waals surface area contributed by atoms with Crippen LogP contribution in [0.3, 0.4) is 0 Å². The maximum Gasteiger partial charge on any atom is 0.218 e. The van der Waals surface area contributed by atoms with Crippen LogP contribution < -0.4 is 9.47 Å². The summed E-state index contributed by atoms with van der Waals surface area (Å²) in [6, 6.07) is 12.9. The van der Waals surface area contributed by atoms with Gasteiger partial charge in [0.25, 0.3) is 0 Å². The van der Waals surface area contributed by atoms with Gasteiger partial charge in [-0.15, -0.1) is 0 Å². The van der Waals surface area contributed by atoms with E-state index in [1.165, 1.54) is 0 Å². The summed E-state index contributed by atoms with van der Waals surface area (Å²) in [7, 11) is -0.213. The lowest BCUT2D eigenvalue weighted by atomic mass is 9.94. The van der Waals surface area contributed by atoms with Gasteiger partial charge in [-0.2, -0.15) is 4.31 Å². The van der Waals surface area contributed by atoms with E-state index in [2.05, 4.69) is 0 Å². The molecule has 0 unspecified atom stereocenters. The third-order valence-electron chi connectivity index (χ3n) is 4.68. The average Bonchev–Trinajstić information content (AvgIpc) is 2.61. The summed E-state index contributed by atoms with van der Waals surface area (Å²) in [4.78, 5) is 0. The highest BCUT2D eigenvalue weighted by molar-refractivity contribution is 7.88. The molecule has 0 radical (unpaired) electrons. The summed E-state index contributed by atoms with van der Waals surface area (Å²) in [6.45, 7) is 2.39. The highest BCUT2D eigenvalue weighted by Gasteiger charge is 2.33. The fourth-order valence-electron chi connectivity index (χ4n) is 3.37. The molecule has 1 aliphatic rings. The lowest BCUT2D eigenvalue weighted by Crippen LogP contribution is -2.39. The predicted molar refractivity (Wildman–Crippen MR) is 97.4 cm³/mol. The van der Waals surface area contributed by atoms with Gasteiger partial charge in [0, 0.05) is 12.6 Å². The number of fused-ring (bicyclic) bond motifs is 1. The second-order valence-corrected chi connectivity index (χ2v) is 8.11. The van der Waals surface area contributed by atoms with Crippen molar-refractivity contribution < 1.29 is 17.9 Å². The van der Waals surface area contributed by atoms with Crippen LogP contribution in [0.25, 0.3) is 0 Å². The molecule has 0 spiro atoms.